The summed E-state index contributed by atoms with van der Waals surface area (Å²) in [5.41, 5.74) is 16.4. The number of hydrogen-bond donors (Lipinski definition) is 15. The first-order chi connectivity index (χ1) is 41.8. The molecule has 0 spiro atoms. The van der Waals surface area contributed by atoms with E-state index >= 15 is 0 Å². The maximum atomic E-state index is 14.6. The maximum absolute atomic E-state index is 14.6. The number of likely N-dealkylation sites (tertiary alicyclic amines) is 2. The fourth-order valence-electron chi connectivity index (χ4n) is 10.5. The monoisotopic (exact) mass is 1260 g/mol. The lowest BCUT2D eigenvalue weighted by atomic mass is 9.98. The van der Waals surface area contributed by atoms with Gasteiger partial charge in [0.15, 0.2) is 0 Å². The van der Waals surface area contributed by atoms with E-state index in [0.29, 0.717) is 32.2 Å². The predicted octanol–water partition coefficient (Wildman–Crippen LogP) is -4.30. The van der Waals surface area contributed by atoms with Crippen molar-refractivity contribution in [3.8, 4) is 0 Å². The second-order valence-corrected chi connectivity index (χ2v) is 24.1. The molecule has 3 fully saturated rings. The number of carbonyl (C=O) groups excluding carboxylic acids is 13. The van der Waals surface area contributed by atoms with Gasteiger partial charge < -0.3 is 90.4 Å². The van der Waals surface area contributed by atoms with Crippen LogP contribution in [0.3, 0.4) is 0 Å². The zero-order chi connectivity index (χ0) is 67.0. The van der Waals surface area contributed by atoms with E-state index in [9.17, 15) is 82.1 Å². The summed E-state index contributed by atoms with van der Waals surface area (Å²) in [5.74, 6) is -14.6. The molecule has 32 heteroatoms. The molecule has 0 aliphatic carbocycles. The third-order valence-electron chi connectivity index (χ3n) is 15.6. The average molecular weight is 1260 g/mol. The number of rotatable bonds is 37. The van der Waals surface area contributed by atoms with Crippen LogP contribution in [0.15, 0.2) is 0 Å². The molecule has 13 amide bonds. The van der Waals surface area contributed by atoms with E-state index in [2.05, 4.69) is 47.9 Å². The molecule has 0 aromatic carbocycles. The highest BCUT2D eigenvalue weighted by atomic mass is 16.4. The minimum Gasteiger partial charge on any atom is -0.481 e. The van der Waals surface area contributed by atoms with Crippen molar-refractivity contribution in [3.63, 3.8) is 0 Å². The van der Waals surface area contributed by atoms with Gasteiger partial charge in [-0.05, 0) is 122 Å². The third kappa shape index (κ3) is 24.1. The summed E-state index contributed by atoms with van der Waals surface area (Å²) in [7, 11) is 0. The van der Waals surface area contributed by atoms with Crippen LogP contribution >= 0.6 is 0 Å². The Morgan fingerprint density at radius 3 is 1.47 bits per heavy atom. The Kier molecular flexibility index (Phi) is 30.8. The number of nitrogens with zero attached hydrogens (tertiary/aromatic N) is 2. The molecule has 500 valence electrons. The molecule has 89 heavy (non-hydrogen) atoms. The molecule has 3 rings (SSSR count). The van der Waals surface area contributed by atoms with Crippen LogP contribution < -0.4 is 70.4 Å². The van der Waals surface area contributed by atoms with E-state index in [1.165, 1.54) is 23.6 Å². The number of aliphatic carboxylic acids is 2. The van der Waals surface area contributed by atoms with Crippen LogP contribution in [-0.4, -0.2) is 207 Å². The van der Waals surface area contributed by atoms with Gasteiger partial charge in [0.05, 0.1) is 12.5 Å². The van der Waals surface area contributed by atoms with Gasteiger partial charge in [0, 0.05) is 25.9 Å². The fourth-order valence-corrected chi connectivity index (χ4v) is 10.5. The third-order valence-corrected chi connectivity index (χ3v) is 15.6. The molecule has 32 nitrogen and oxygen atoms in total. The first-order valence-electron chi connectivity index (χ1n) is 30.6. The quantitative estimate of drug-likeness (QED) is 0.0262. The fraction of sp³-hybridized carbons (Fsp3) is 0.737. The van der Waals surface area contributed by atoms with Crippen molar-refractivity contribution in [1.82, 2.24) is 63.0 Å². The standard InChI is InChI=1S/C57H95N15O17/c1-28(2)26-37(51(82)69-44(29(3)4)54(85)65-34(14-9-10-22-58)49(80)64-35(18-20-41(59)73)50(81)68-38(57(88)89)27-43(75)76)67-52(83)39-16-13-25-72(39)56(87)45(30(5)6)70-53(84)40-17-12-24-71(40)55(86)36(19-21-42(60)74)66-47(78)32(8)62-46(77)31(7)63-48(79)33-15-11-23-61-33/h28-40,44-45,61H,9-27,58H2,1-8H3,(H2,59,73)(H2,60,74)(H,62,77)(H,63,79)(H,64,80)(H,65,85)(H,66,78)(H,67,83)(H,68,81)(H,69,82)(H,70,84)(H,75,76)(H,88,89)/t31-,32-,33-,34-,35-,36-,37-,38-,39-,40-,44-,45-/m0/s1. The number of carbonyl (C=O) groups is 15. The highest BCUT2D eigenvalue weighted by molar-refractivity contribution is 6.00. The molecular formula is C57H95N15O17. The smallest absolute Gasteiger partial charge is 0.326 e. The molecule has 0 aromatic rings. The lowest BCUT2D eigenvalue weighted by Gasteiger charge is -2.33. The van der Waals surface area contributed by atoms with Crippen molar-refractivity contribution in [2.75, 3.05) is 26.2 Å². The van der Waals surface area contributed by atoms with Crippen molar-refractivity contribution in [2.45, 2.75) is 224 Å². The van der Waals surface area contributed by atoms with Crippen LogP contribution in [0.1, 0.15) is 152 Å². The highest BCUT2D eigenvalue weighted by Gasteiger charge is 2.44. The topological polar surface area (TPSA) is 501 Å². The highest BCUT2D eigenvalue weighted by Crippen LogP contribution is 2.24. The van der Waals surface area contributed by atoms with E-state index in [1.54, 1.807) is 41.5 Å². The molecule has 3 saturated heterocycles. The number of primary amides is 2. The average Bonchev–Trinajstić information content (AvgIpc) is 3.63. The molecule has 18 N–H and O–H groups in total. The zero-order valence-electron chi connectivity index (χ0n) is 52.2. The Labute approximate surface area is 517 Å². The first kappa shape index (κ1) is 75.2. The van der Waals surface area contributed by atoms with Gasteiger partial charge in [-0.25, -0.2) is 4.79 Å². The largest absolute Gasteiger partial charge is 0.481 e. The SMILES string of the molecule is CC(C)C[C@H](NC(=O)[C@@H]1CCCN1C(=O)[C@@H](NC(=O)[C@@H]1CCCN1C(=O)[C@H](CCC(N)=O)NC(=O)[C@H](C)NC(=O)[C@H](C)NC(=O)[C@@H]1CCCN1)C(C)C)C(=O)N[C@H](C(=O)N[C@@H](CCCCN)C(=O)N[C@@H](CCC(N)=O)C(=O)N[C@@H](CC(=O)O)C(=O)O)C(C)C. The van der Waals surface area contributed by atoms with Crippen LogP contribution in [-0.2, 0) is 71.9 Å². The van der Waals surface area contributed by atoms with Gasteiger partial charge in [0.25, 0.3) is 0 Å². The van der Waals surface area contributed by atoms with E-state index in [-0.39, 0.29) is 76.4 Å². The Morgan fingerprint density at radius 2 is 0.966 bits per heavy atom. The van der Waals surface area contributed by atoms with E-state index < -0.39 is 186 Å². The molecule has 3 aliphatic heterocycles. The normalized spacial score (nSPS) is 19.4. The number of amides is 13. The van der Waals surface area contributed by atoms with Crippen molar-refractivity contribution >= 4 is 88.7 Å². The summed E-state index contributed by atoms with van der Waals surface area (Å²) < 4.78 is 0. The second kappa shape index (κ2) is 36.5. The number of carboxylic acids is 2. The first-order valence-corrected chi connectivity index (χ1v) is 30.6. The minimum atomic E-state index is -1.91. The molecule has 0 radical (unpaired) electrons. The number of carboxylic acid groups (broad SMARTS) is 2. The Bertz CT molecular complexity index is 2560. The summed E-state index contributed by atoms with van der Waals surface area (Å²) in [6.45, 7) is 14.0. The van der Waals surface area contributed by atoms with Gasteiger partial charge in [-0.3, -0.25) is 67.1 Å². The molecule has 3 heterocycles. The van der Waals surface area contributed by atoms with E-state index in [4.69, 9.17) is 17.2 Å². The van der Waals surface area contributed by atoms with Crippen LogP contribution in [0, 0.1) is 17.8 Å². The molecule has 0 saturated carbocycles. The van der Waals surface area contributed by atoms with Crippen molar-refractivity contribution < 1.29 is 82.1 Å². The number of nitrogens with one attached hydrogen (secondary N) is 10. The number of hydrogen-bond acceptors (Lipinski definition) is 17. The van der Waals surface area contributed by atoms with Gasteiger partial charge >= 0.3 is 11.9 Å². The summed E-state index contributed by atoms with van der Waals surface area (Å²) >= 11 is 0. The Balaban J connectivity index is 1.78. The zero-order valence-corrected chi connectivity index (χ0v) is 52.2. The van der Waals surface area contributed by atoms with Gasteiger partial charge in [-0.1, -0.05) is 41.5 Å². The van der Waals surface area contributed by atoms with Crippen molar-refractivity contribution in [1.29, 1.82) is 0 Å². The summed E-state index contributed by atoms with van der Waals surface area (Å²) in [6, 6.07) is -15.1. The second-order valence-electron chi connectivity index (χ2n) is 24.1. The molecular weight excluding hydrogens is 1170 g/mol. The van der Waals surface area contributed by atoms with Gasteiger partial charge in [0.1, 0.15) is 66.5 Å². The Hall–Kier alpha value is -8.03. The number of unbranched alkanes of at least 4 members (excludes halogenated alkanes) is 1. The minimum absolute atomic E-state index is 0.0498. The molecule has 0 bridgehead atoms. The summed E-state index contributed by atoms with van der Waals surface area (Å²) in [4.78, 5) is 201. The van der Waals surface area contributed by atoms with Crippen LogP contribution in [0.5, 0.6) is 0 Å². The molecule has 3 aliphatic rings. The number of nitrogens with two attached hydrogens (primary N) is 3. The van der Waals surface area contributed by atoms with Gasteiger partial charge in [-0.15, -0.1) is 0 Å². The predicted molar refractivity (Wildman–Crippen MR) is 318 cm³/mol. The molecule has 0 aromatic heterocycles. The van der Waals surface area contributed by atoms with Gasteiger partial charge in [0.2, 0.25) is 76.8 Å². The van der Waals surface area contributed by atoms with Crippen LogP contribution in [0.25, 0.3) is 0 Å². The lowest BCUT2D eigenvalue weighted by Crippen LogP contribution is -2.61. The van der Waals surface area contributed by atoms with Crippen molar-refractivity contribution in [3.05, 3.63) is 0 Å². The maximum Gasteiger partial charge on any atom is 0.326 e. The lowest BCUT2D eigenvalue weighted by molar-refractivity contribution is -0.147. The van der Waals surface area contributed by atoms with Crippen LogP contribution in [0.4, 0.5) is 0 Å². The van der Waals surface area contributed by atoms with Crippen molar-refractivity contribution in [2.24, 2.45) is 35.0 Å². The summed E-state index contributed by atoms with van der Waals surface area (Å²) in [5, 5.41) is 44.7. The van der Waals surface area contributed by atoms with Gasteiger partial charge in [-0.2, -0.15) is 0 Å². The molecule has 0 unspecified atom stereocenters. The summed E-state index contributed by atoms with van der Waals surface area (Å²) in [6.07, 6.45) is 0.634. The Morgan fingerprint density at radius 1 is 0.483 bits per heavy atom. The van der Waals surface area contributed by atoms with E-state index in [0.717, 1.165) is 6.42 Å². The molecule has 12 atom stereocenters. The van der Waals surface area contributed by atoms with Crippen LogP contribution in [0.2, 0.25) is 0 Å². The van der Waals surface area contributed by atoms with E-state index in [1.807, 2.05) is 5.32 Å².